The van der Waals surface area contributed by atoms with Gasteiger partial charge in [0.15, 0.2) is 0 Å². The molecule has 0 radical (unpaired) electrons. The summed E-state index contributed by atoms with van der Waals surface area (Å²) in [6.45, 7) is 0. The van der Waals surface area contributed by atoms with E-state index in [0.29, 0.717) is 5.56 Å². The van der Waals surface area contributed by atoms with E-state index >= 15 is 0 Å². The smallest absolute Gasteiger partial charge is 0.146 e. The summed E-state index contributed by atoms with van der Waals surface area (Å²) in [4.78, 5) is 5.11. The molecule has 8 rings (SSSR count). The Labute approximate surface area is 235 Å². The number of hydrogen-bond acceptors (Lipinski definition) is 2. The Hall–Kier alpha value is -5.17. The van der Waals surface area contributed by atoms with Crippen molar-refractivity contribution < 1.29 is 0 Å². The Morgan fingerprint density at radius 2 is 1.25 bits per heavy atom. The number of hydrogen-bond donors (Lipinski definition) is 0. The van der Waals surface area contributed by atoms with E-state index in [4.69, 9.17) is 16.6 Å². The second-order valence-electron chi connectivity index (χ2n) is 10.1. The van der Waals surface area contributed by atoms with Crippen molar-refractivity contribution in [3.8, 4) is 28.3 Å². The summed E-state index contributed by atoms with van der Waals surface area (Å²) in [7, 11) is 0. The third-order valence-electron chi connectivity index (χ3n) is 7.83. The van der Waals surface area contributed by atoms with Crippen molar-refractivity contribution in [1.29, 1.82) is 5.26 Å². The summed E-state index contributed by atoms with van der Waals surface area (Å²) in [5.41, 5.74) is 9.13. The van der Waals surface area contributed by atoms with Gasteiger partial charge in [0, 0.05) is 15.8 Å². The van der Waals surface area contributed by atoms with Gasteiger partial charge in [-0.25, -0.2) is 4.98 Å². The molecule has 0 aliphatic carbocycles. The fourth-order valence-corrected chi connectivity index (χ4v) is 6.03. The number of halogens is 1. The molecule has 0 aliphatic heterocycles. The Kier molecular flexibility index (Phi) is 4.94. The van der Waals surface area contributed by atoms with E-state index in [9.17, 15) is 5.26 Å². The lowest BCUT2D eigenvalue weighted by atomic mass is 9.98. The van der Waals surface area contributed by atoms with Gasteiger partial charge in [-0.3, -0.25) is 4.40 Å². The van der Waals surface area contributed by atoms with Crippen LogP contribution in [-0.4, -0.2) is 9.38 Å². The first-order chi connectivity index (χ1) is 19.7. The molecule has 0 aliphatic rings. The molecule has 0 fully saturated rings. The molecular formula is C36H20ClN3. The molecule has 0 amide bonds. The minimum Gasteiger partial charge on any atom is -0.292 e. The van der Waals surface area contributed by atoms with Gasteiger partial charge in [-0.05, 0) is 86.9 Å². The third-order valence-corrected chi connectivity index (χ3v) is 8.07. The molecule has 3 nitrogen and oxygen atoms in total. The summed E-state index contributed by atoms with van der Waals surface area (Å²) in [5, 5.41) is 15.7. The van der Waals surface area contributed by atoms with E-state index in [0.717, 1.165) is 60.2 Å². The zero-order valence-corrected chi connectivity index (χ0v) is 22.0. The first-order valence-electron chi connectivity index (χ1n) is 13.1. The normalized spacial score (nSPS) is 11.6. The number of pyridine rings is 1. The quantitative estimate of drug-likeness (QED) is 0.209. The van der Waals surface area contributed by atoms with E-state index in [1.54, 1.807) is 0 Å². The highest BCUT2D eigenvalue weighted by molar-refractivity contribution is 6.31. The predicted octanol–water partition coefficient (Wildman–Crippen LogP) is 9.81. The number of nitrogens with zero attached hydrogens (tertiary/aromatic N) is 3. The van der Waals surface area contributed by atoms with Gasteiger partial charge in [0.05, 0.1) is 28.2 Å². The molecule has 0 bridgehead atoms. The van der Waals surface area contributed by atoms with Crippen molar-refractivity contribution in [2.45, 2.75) is 0 Å². The van der Waals surface area contributed by atoms with Crippen LogP contribution in [-0.2, 0) is 0 Å². The summed E-state index contributed by atoms with van der Waals surface area (Å²) < 4.78 is 2.29. The van der Waals surface area contributed by atoms with Crippen LogP contribution in [0.25, 0.3) is 71.4 Å². The Morgan fingerprint density at radius 1 is 0.575 bits per heavy atom. The molecule has 6 aromatic carbocycles. The second-order valence-corrected chi connectivity index (χ2v) is 10.6. The molecule has 40 heavy (non-hydrogen) atoms. The maximum absolute atomic E-state index is 9.22. The van der Waals surface area contributed by atoms with Gasteiger partial charge < -0.3 is 0 Å². The summed E-state index contributed by atoms with van der Waals surface area (Å²) in [5.74, 6) is 0. The number of rotatable bonds is 2. The average Bonchev–Trinajstić information content (AvgIpc) is 3.40. The summed E-state index contributed by atoms with van der Waals surface area (Å²) in [6, 6.07) is 44.0. The molecule has 4 heteroatoms. The average molecular weight is 530 g/mol. The highest BCUT2D eigenvalue weighted by Gasteiger charge is 2.15. The standard InChI is InChI=1S/C36H20ClN3/c37-29-14-11-24-9-10-25(17-28(24)18-29)27-12-15-31-30-3-1-2-4-32(30)36-39-33-16-13-26(20-35(33)40(36)34(31)19-27)23-7-5-22(21-38)6-8-23/h1-20H. The molecule has 0 N–H and O–H groups in total. The fourth-order valence-electron chi connectivity index (χ4n) is 5.85. The van der Waals surface area contributed by atoms with E-state index in [2.05, 4.69) is 95.4 Å². The Balaban J connectivity index is 1.43. The molecule has 186 valence electrons. The summed E-state index contributed by atoms with van der Waals surface area (Å²) >= 11 is 6.31. The van der Waals surface area contributed by atoms with Gasteiger partial charge in [-0.1, -0.05) is 84.4 Å². The first kappa shape index (κ1) is 22.8. The minimum absolute atomic E-state index is 0.653. The van der Waals surface area contributed by atoms with Crippen LogP contribution in [0.1, 0.15) is 5.56 Å². The van der Waals surface area contributed by atoms with Crippen LogP contribution >= 0.6 is 11.6 Å². The topological polar surface area (TPSA) is 41.1 Å². The number of nitriles is 1. The van der Waals surface area contributed by atoms with Gasteiger partial charge >= 0.3 is 0 Å². The molecule has 0 saturated heterocycles. The molecule has 0 saturated carbocycles. The van der Waals surface area contributed by atoms with Gasteiger partial charge in [0.25, 0.3) is 0 Å². The molecular weight excluding hydrogens is 510 g/mol. The first-order valence-corrected chi connectivity index (χ1v) is 13.5. The Morgan fingerprint density at radius 3 is 2.10 bits per heavy atom. The van der Waals surface area contributed by atoms with Crippen LogP contribution in [0.4, 0.5) is 0 Å². The van der Waals surface area contributed by atoms with Crippen molar-refractivity contribution >= 4 is 60.7 Å². The highest BCUT2D eigenvalue weighted by atomic mass is 35.5. The molecule has 8 aromatic rings. The molecule has 0 atom stereocenters. The Bertz CT molecular complexity index is 2340. The predicted molar refractivity (Wildman–Crippen MR) is 166 cm³/mol. The molecule has 2 heterocycles. The number of benzene rings is 6. The van der Waals surface area contributed by atoms with Crippen molar-refractivity contribution in [2.75, 3.05) is 0 Å². The zero-order chi connectivity index (χ0) is 26.8. The molecule has 2 aromatic heterocycles. The lowest BCUT2D eigenvalue weighted by Crippen LogP contribution is -1.92. The maximum Gasteiger partial charge on any atom is 0.146 e. The van der Waals surface area contributed by atoms with E-state index < -0.39 is 0 Å². The fraction of sp³-hybridized carbons (Fsp3) is 0. The SMILES string of the molecule is N#Cc1ccc(-c2ccc3nc4c5ccccc5c5ccc(-c6ccc7ccc(Cl)cc7c6)cc5n4c3c2)cc1. The van der Waals surface area contributed by atoms with Crippen LogP contribution in [0.15, 0.2) is 121 Å². The number of fused-ring (bicyclic) bond motifs is 9. The van der Waals surface area contributed by atoms with Crippen LogP contribution in [0, 0.1) is 11.3 Å². The lowest BCUT2D eigenvalue weighted by Gasteiger charge is -2.12. The van der Waals surface area contributed by atoms with Crippen molar-refractivity contribution in [2.24, 2.45) is 0 Å². The monoisotopic (exact) mass is 529 g/mol. The number of aromatic nitrogens is 2. The van der Waals surface area contributed by atoms with Crippen LogP contribution in [0.3, 0.4) is 0 Å². The van der Waals surface area contributed by atoms with E-state index in [1.165, 1.54) is 16.2 Å². The molecule has 0 unspecified atom stereocenters. The van der Waals surface area contributed by atoms with Crippen molar-refractivity contribution in [3.05, 3.63) is 132 Å². The number of imidazole rings is 1. The van der Waals surface area contributed by atoms with Gasteiger partial charge in [0.1, 0.15) is 5.65 Å². The van der Waals surface area contributed by atoms with Crippen LogP contribution in [0.5, 0.6) is 0 Å². The van der Waals surface area contributed by atoms with Gasteiger partial charge in [0.2, 0.25) is 0 Å². The second kappa shape index (κ2) is 8.68. The third kappa shape index (κ3) is 3.48. The van der Waals surface area contributed by atoms with E-state index in [-0.39, 0.29) is 0 Å². The van der Waals surface area contributed by atoms with Crippen molar-refractivity contribution in [1.82, 2.24) is 9.38 Å². The van der Waals surface area contributed by atoms with Crippen molar-refractivity contribution in [3.63, 3.8) is 0 Å². The molecule has 0 spiro atoms. The highest BCUT2D eigenvalue weighted by Crippen LogP contribution is 2.36. The minimum atomic E-state index is 0.653. The van der Waals surface area contributed by atoms with Crippen LogP contribution < -0.4 is 0 Å². The summed E-state index contributed by atoms with van der Waals surface area (Å²) in [6.07, 6.45) is 0. The lowest BCUT2D eigenvalue weighted by molar-refractivity contribution is 1.31. The van der Waals surface area contributed by atoms with Gasteiger partial charge in [-0.2, -0.15) is 5.26 Å². The van der Waals surface area contributed by atoms with Crippen LogP contribution in [0.2, 0.25) is 5.02 Å². The van der Waals surface area contributed by atoms with Gasteiger partial charge in [-0.15, -0.1) is 0 Å². The maximum atomic E-state index is 9.22. The largest absolute Gasteiger partial charge is 0.292 e. The van der Waals surface area contributed by atoms with E-state index in [1.807, 2.05) is 36.4 Å². The zero-order valence-electron chi connectivity index (χ0n) is 21.3.